The van der Waals surface area contributed by atoms with Crippen LogP contribution in [0.5, 0.6) is 0 Å². The molecule has 0 saturated carbocycles. The molecule has 0 amide bonds. The number of para-hydroxylation sites is 2. The van der Waals surface area contributed by atoms with Gasteiger partial charge < -0.3 is 5.32 Å². The number of anilines is 1. The first-order valence-corrected chi connectivity index (χ1v) is 8.45. The summed E-state index contributed by atoms with van der Waals surface area (Å²) in [5.41, 5.74) is 3.05. The highest BCUT2D eigenvalue weighted by Gasteiger charge is 2.17. The van der Waals surface area contributed by atoms with E-state index in [2.05, 4.69) is 10.4 Å². The van der Waals surface area contributed by atoms with Crippen molar-refractivity contribution in [3.8, 4) is 5.69 Å². The van der Waals surface area contributed by atoms with Gasteiger partial charge in [0.05, 0.1) is 17.9 Å². The molecule has 6 nitrogen and oxygen atoms in total. The Bertz CT molecular complexity index is 1110. The maximum absolute atomic E-state index is 12.9. The molecule has 4 rings (SSSR count). The van der Waals surface area contributed by atoms with Crippen LogP contribution in [0.2, 0.25) is 0 Å². The van der Waals surface area contributed by atoms with Crippen molar-refractivity contribution in [3.63, 3.8) is 0 Å². The summed E-state index contributed by atoms with van der Waals surface area (Å²) >= 11 is 0. The lowest BCUT2D eigenvalue weighted by atomic mass is 10.3. The van der Waals surface area contributed by atoms with Gasteiger partial charge in [-0.2, -0.15) is 5.10 Å². The smallest absolute Gasteiger partial charge is 0.264 e. The summed E-state index contributed by atoms with van der Waals surface area (Å²) in [7, 11) is 1.75. The molecule has 0 fully saturated rings. The Morgan fingerprint density at radius 1 is 1.00 bits per heavy atom. The van der Waals surface area contributed by atoms with Crippen molar-refractivity contribution in [2.75, 3.05) is 5.32 Å². The van der Waals surface area contributed by atoms with Crippen molar-refractivity contribution < 1.29 is 0 Å². The number of hydrogen-bond donors (Lipinski definition) is 1. The van der Waals surface area contributed by atoms with E-state index in [4.69, 9.17) is 4.98 Å². The summed E-state index contributed by atoms with van der Waals surface area (Å²) in [4.78, 5) is 17.6. The van der Waals surface area contributed by atoms with Crippen LogP contribution in [-0.4, -0.2) is 19.3 Å². The van der Waals surface area contributed by atoms with Crippen LogP contribution in [0, 0.1) is 6.92 Å². The van der Waals surface area contributed by atoms with Crippen LogP contribution >= 0.6 is 0 Å². The maximum atomic E-state index is 12.9. The topological polar surface area (TPSA) is 64.7 Å². The van der Waals surface area contributed by atoms with E-state index in [1.165, 1.54) is 0 Å². The molecule has 4 aromatic rings. The van der Waals surface area contributed by atoms with Crippen molar-refractivity contribution in [1.29, 1.82) is 0 Å². The SMILES string of the molecule is Cc1nn(-c2ccccc2)c2nc(CNc3ccccc3)n(C)c(=O)c12. The van der Waals surface area contributed by atoms with E-state index in [0.29, 0.717) is 29.1 Å². The highest BCUT2D eigenvalue weighted by Crippen LogP contribution is 2.18. The average Bonchev–Trinajstić information content (AvgIpc) is 3.01. The zero-order chi connectivity index (χ0) is 18.1. The van der Waals surface area contributed by atoms with Gasteiger partial charge in [-0.05, 0) is 31.2 Å². The first-order valence-electron chi connectivity index (χ1n) is 8.45. The van der Waals surface area contributed by atoms with E-state index >= 15 is 0 Å². The Balaban J connectivity index is 1.82. The fourth-order valence-corrected chi connectivity index (χ4v) is 3.00. The molecule has 2 heterocycles. The molecular weight excluding hydrogens is 326 g/mol. The maximum Gasteiger partial charge on any atom is 0.264 e. The number of rotatable bonds is 4. The minimum Gasteiger partial charge on any atom is -0.378 e. The monoisotopic (exact) mass is 345 g/mol. The molecule has 2 aromatic heterocycles. The van der Waals surface area contributed by atoms with Gasteiger partial charge in [0.15, 0.2) is 5.65 Å². The minimum atomic E-state index is -0.0838. The quantitative estimate of drug-likeness (QED) is 0.617. The van der Waals surface area contributed by atoms with Crippen molar-refractivity contribution in [2.24, 2.45) is 7.05 Å². The third-order valence-corrected chi connectivity index (χ3v) is 4.40. The predicted octanol–water partition coefficient (Wildman–Crippen LogP) is 3.04. The molecule has 0 atom stereocenters. The molecule has 2 aromatic carbocycles. The predicted molar refractivity (Wildman–Crippen MR) is 103 cm³/mol. The van der Waals surface area contributed by atoms with E-state index in [1.807, 2.05) is 67.6 Å². The summed E-state index contributed by atoms with van der Waals surface area (Å²) in [6, 6.07) is 19.6. The molecule has 0 saturated heterocycles. The third kappa shape index (κ3) is 2.75. The van der Waals surface area contributed by atoms with Gasteiger partial charge in [-0.1, -0.05) is 36.4 Å². The second-order valence-electron chi connectivity index (χ2n) is 6.14. The van der Waals surface area contributed by atoms with E-state index < -0.39 is 0 Å². The van der Waals surface area contributed by atoms with E-state index in [1.54, 1.807) is 16.3 Å². The first-order chi connectivity index (χ1) is 12.6. The fourth-order valence-electron chi connectivity index (χ4n) is 3.00. The minimum absolute atomic E-state index is 0.0838. The standard InChI is InChI=1S/C20H19N5O/c1-14-18-19(25(23-14)16-11-7-4-8-12-16)22-17(24(2)20(18)26)13-21-15-9-5-3-6-10-15/h3-12,21H,13H2,1-2H3. The third-order valence-electron chi connectivity index (χ3n) is 4.40. The normalized spacial score (nSPS) is 11.0. The van der Waals surface area contributed by atoms with Crippen LogP contribution in [0.3, 0.4) is 0 Å². The number of aryl methyl sites for hydroxylation is 1. The van der Waals surface area contributed by atoms with Crippen molar-refractivity contribution in [3.05, 3.63) is 82.5 Å². The van der Waals surface area contributed by atoms with Crippen molar-refractivity contribution in [2.45, 2.75) is 13.5 Å². The van der Waals surface area contributed by atoms with Gasteiger partial charge in [-0.3, -0.25) is 9.36 Å². The van der Waals surface area contributed by atoms with Gasteiger partial charge >= 0.3 is 0 Å². The van der Waals surface area contributed by atoms with Crippen molar-refractivity contribution >= 4 is 16.7 Å². The van der Waals surface area contributed by atoms with Gasteiger partial charge in [0.1, 0.15) is 11.2 Å². The number of nitrogens with zero attached hydrogens (tertiary/aromatic N) is 4. The highest BCUT2D eigenvalue weighted by molar-refractivity contribution is 5.78. The molecule has 6 heteroatoms. The number of benzene rings is 2. The second kappa shape index (κ2) is 6.48. The Labute approximate surface area is 150 Å². The Kier molecular flexibility index (Phi) is 4.01. The van der Waals surface area contributed by atoms with E-state index in [9.17, 15) is 4.79 Å². The molecule has 0 bridgehead atoms. The highest BCUT2D eigenvalue weighted by atomic mass is 16.1. The van der Waals surface area contributed by atoms with Crippen LogP contribution in [0.15, 0.2) is 65.5 Å². The van der Waals surface area contributed by atoms with Gasteiger partial charge in [0.25, 0.3) is 5.56 Å². The van der Waals surface area contributed by atoms with Crippen LogP contribution in [0.1, 0.15) is 11.5 Å². The van der Waals surface area contributed by atoms with Crippen molar-refractivity contribution in [1.82, 2.24) is 19.3 Å². The molecule has 0 spiro atoms. The Hall–Kier alpha value is -3.41. The number of nitrogens with one attached hydrogen (secondary N) is 1. The number of hydrogen-bond acceptors (Lipinski definition) is 4. The second-order valence-corrected chi connectivity index (χ2v) is 6.14. The van der Waals surface area contributed by atoms with Crippen LogP contribution in [0.25, 0.3) is 16.7 Å². The van der Waals surface area contributed by atoms with Gasteiger partial charge in [0, 0.05) is 12.7 Å². The zero-order valence-corrected chi connectivity index (χ0v) is 14.7. The summed E-state index contributed by atoms with van der Waals surface area (Å²) in [6.45, 7) is 2.29. The lowest BCUT2D eigenvalue weighted by Crippen LogP contribution is -2.24. The molecule has 0 aliphatic carbocycles. The van der Waals surface area contributed by atoms with Gasteiger partial charge in [-0.15, -0.1) is 0 Å². The molecule has 1 N–H and O–H groups in total. The Morgan fingerprint density at radius 2 is 1.65 bits per heavy atom. The first kappa shape index (κ1) is 16.1. The zero-order valence-electron chi connectivity index (χ0n) is 14.7. The fraction of sp³-hybridized carbons (Fsp3) is 0.150. The molecule has 26 heavy (non-hydrogen) atoms. The molecule has 0 unspecified atom stereocenters. The lowest BCUT2D eigenvalue weighted by Gasteiger charge is -2.11. The molecule has 0 aliphatic heterocycles. The number of fused-ring (bicyclic) bond motifs is 1. The summed E-state index contributed by atoms with van der Waals surface area (Å²) in [5, 5.41) is 8.40. The largest absolute Gasteiger partial charge is 0.378 e. The average molecular weight is 345 g/mol. The van der Waals surface area contributed by atoms with E-state index in [-0.39, 0.29) is 5.56 Å². The Morgan fingerprint density at radius 3 is 2.35 bits per heavy atom. The number of aromatic nitrogens is 4. The van der Waals surface area contributed by atoms with E-state index in [0.717, 1.165) is 11.4 Å². The summed E-state index contributed by atoms with van der Waals surface area (Å²) in [6.07, 6.45) is 0. The van der Waals surface area contributed by atoms with Gasteiger partial charge in [0.2, 0.25) is 0 Å². The summed E-state index contributed by atoms with van der Waals surface area (Å²) in [5.74, 6) is 0.656. The van der Waals surface area contributed by atoms with Crippen LogP contribution < -0.4 is 10.9 Å². The lowest BCUT2D eigenvalue weighted by molar-refractivity contribution is 0.750. The molecule has 0 radical (unpaired) electrons. The summed E-state index contributed by atoms with van der Waals surface area (Å²) < 4.78 is 3.32. The van der Waals surface area contributed by atoms with Crippen LogP contribution in [0.4, 0.5) is 5.69 Å². The van der Waals surface area contributed by atoms with Gasteiger partial charge in [-0.25, -0.2) is 9.67 Å². The molecule has 130 valence electrons. The molecular formula is C20H19N5O. The van der Waals surface area contributed by atoms with Crippen LogP contribution in [-0.2, 0) is 13.6 Å². The molecule has 0 aliphatic rings.